The van der Waals surface area contributed by atoms with Crippen molar-refractivity contribution in [3.8, 4) is 40.0 Å². The van der Waals surface area contributed by atoms with E-state index in [9.17, 15) is 14.0 Å². The average molecular weight is 399 g/mol. The van der Waals surface area contributed by atoms with Crippen molar-refractivity contribution in [2.75, 3.05) is 5.73 Å². The third kappa shape index (κ3) is 3.82. The zero-order valence-corrected chi connectivity index (χ0v) is 15.6. The summed E-state index contributed by atoms with van der Waals surface area (Å²) in [6, 6.07) is 22.9. The second-order valence-corrected chi connectivity index (χ2v) is 6.49. The monoisotopic (exact) mass is 399 g/mol. The maximum Gasteiger partial charge on any atom is 0.142 e. The fourth-order valence-electron chi connectivity index (χ4n) is 3.06. The summed E-state index contributed by atoms with van der Waals surface area (Å²) < 4.78 is 33.8. The van der Waals surface area contributed by atoms with Gasteiger partial charge in [0, 0.05) is 16.7 Å². The Morgan fingerprint density at radius 2 is 1.53 bits per heavy atom. The molecule has 0 bridgehead atoms. The number of hydrogen-bond acceptors (Lipinski definition) is 4. The van der Waals surface area contributed by atoms with Gasteiger partial charge < -0.3 is 10.5 Å². The molecule has 0 atom stereocenters. The number of nitriles is 1. The van der Waals surface area contributed by atoms with Gasteiger partial charge in [-0.15, -0.1) is 0 Å². The van der Waals surface area contributed by atoms with Crippen LogP contribution in [0, 0.1) is 23.0 Å². The topological polar surface area (TPSA) is 71.9 Å². The Bertz CT molecular complexity index is 1250. The number of pyridine rings is 1. The summed E-state index contributed by atoms with van der Waals surface area (Å²) in [5.74, 6) is 0.00166. The average Bonchev–Trinajstić information content (AvgIpc) is 2.76. The van der Waals surface area contributed by atoms with Crippen LogP contribution >= 0.6 is 0 Å². The highest BCUT2D eigenvalue weighted by molar-refractivity contribution is 5.80. The second kappa shape index (κ2) is 8.02. The fraction of sp³-hybridized carbons (Fsp3) is 0. The molecule has 0 saturated heterocycles. The first-order chi connectivity index (χ1) is 14.5. The van der Waals surface area contributed by atoms with Crippen molar-refractivity contribution in [2.45, 2.75) is 0 Å². The quantitative estimate of drug-likeness (QED) is 0.461. The molecule has 146 valence electrons. The van der Waals surface area contributed by atoms with Gasteiger partial charge in [0.15, 0.2) is 0 Å². The number of benzene rings is 3. The number of hydrogen-bond donors (Lipinski definition) is 1. The Labute approximate surface area is 171 Å². The van der Waals surface area contributed by atoms with Crippen LogP contribution in [0.1, 0.15) is 5.56 Å². The molecule has 30 heavy (non-hydrogen) atoms. The van der Waals surface area contributed by atoms with E-state index in [0.29, 0.717) is 22.8 Å². The molecule has 0 amide bonds. The SMILES string of the molecule is N#Cc1c(-c2cc(F)ccc2F)cc(-c2ccc(Oc3ccccc3)cc2)nc1N. The highest BCUT2D eigenvalue weighted by Crippen LogP contribution is 2.33. The summed E-state index contributed by atoms with van der Waals surface area (Å²) in [5, 5.41) is 9.46. The van der Waals surface area contributed by atoms with E-state index in [1.54, 1.807) is 24.3 Å². The molecule has 1 heterocycles. The van der Waals surface area contributed by atoms with Gasteiger partial charge in [0.1, 0.15) is 40.6 Å². The van der Waals surface area contributed by atoms with Crippen LogP contribution in [-0.2, 0) is 0 Å². The lowest BCUT2D eigenvalue weighted by molar-refractivity contribution is 0.483. The van der Waals surface area contributed by atoms with Gasteiger partial charge in [0.2, 0.25) is 0 Å². The molecule has 0 radical (unpaired) electrons. The Morgan fingerprint density at radius 3 is 2.23 bits per heavy atom. The molecule has 3 aromatic carbocycles. The molecular formula is C24H15F2N3O. The van der Waals surface area contributed by atoms with E-state index in [1.165, 1.54) is 6.07 Å². The van der Waals surface area contributed by atoms with Gasteiger partial charge in [-0.25, -0.2) is 13.8 Å². The number of ether oxygens (including phenoxy) is 1. The third-order valence-electron chi connectivity index (χ3n) is 4.51. The van der Waals surface area contributed by atoms with Crippen molar-refractivity contribution in [1.82, 2.24) is 4.98 Å². The van der Waals surface area contributed by atoms with Crippen LogP contribution in [0.4, 0.5) is 14.6 Å². The zero-order valence-electron chi connectivity index (χ0n) is 15.6. The molecular weight excluding hydrogens is 384 g/mol. The Morgan fingerprint density at radius 1 is 0.833 bits per heavy atom. The van der Waals surface area contributed by atoms with Crippen LogP contribution in [0.2, 0.25) is 0 Å². The number of nitrogens with two attached hydrogens (primary N) is 1. The zero-order chi connectivity index (χ0) is 21.1. The summed E-state index contributed by atoms with van der Waals surface area (Å²) >= 11 is 0. The van der Waals surface area contributed by atoms with Crippen molar-refractivity contribution in [3.63, 3.8) is 0 Å². The first-order valence-corrected chi connectivity index (χ1v) is 9.04. The van der Waals surface area contributed by atoms with Crippen LogP contribution in [0.5, 0.6) is 11.5 Å². The summed E-state index contributed by atoms with van der Waals surface area (Å²) in [5.41, 5.74) is 7.19. The van der Waals surface area contributed by atoms with Gasteiger partial charge >= 0.3 is 0 Å². The minimum absolute atomic E-state index is 0.00715. The van der Waals surface area contributed by atoms with Crippen molar-refractivity contribution >= 4 is 5.82 Å². The molecule has 0 saturated carbocycles. The minimum Gasteiger partial charge on any atom is -0.457 e. The lowest BCUT2D eigenvalue weighted by atomic mass is 9.98. The summed E-state index contributed by atoms with van der Waals surface area (Å²) in [7, 11) is 0. The number of halogens is 2. The van der Waals surface area contributed by atoms with Crippen molar-refractivity contribution in [1.29, 1.82) is 5.26 Å². The van der Waals surface area contributed by atoms with E-state index < -0.39 is 11.6 Å². The maximum atomic E-state index is 14.3. The predicted molar refractivity (Wildman–Crippen MR) is 111 cm³/mol. The molecule has 0 aliphatic carbocycles. The van der Waals surface area contributed by atoms with Crippen LogP contribution in [0.15, 0.2) is 78.9 Å². The number of anilines is 1. The molecule has 2 N–H and O–H groups in total. The number of nitrogen functional groups attached to an aromatic ring is 1. The second-order valence-electron chi connectivity index (χ2n) is 6.49. The van der Waals surface area contributed by atoms with Crippen LogP contribution in [-0.4, -0.2) is 4.98 Å². The molecule has 0 spiro atoms. The van der Waals surface area contributed by atoms with E-state index in [-0.39, 0.29) is 22.5 Å². The third-order valence-corrected chi connectivity index (χ3v) is 4.51. The van der Waals surface area contributed by atoms with E-state index in [2.05, 4.69) is 4.98 Å². The largest absolute Gasteiger partial charge is 0.457 e. The smallest absolute Gasteiger partial charge is 0.142 e. The number of nitrogens with zero attached hydrogens (tertiary/aromatic N) is 2. The standard InChI is InChI=1S/C24H15F2N3O/c25-16-8-11-22(26)20(12-16)19-13-23(29-24(28)21(19)14-27)15-6-9-18(10-7-15)30-17-4-2-1-3-5-17/h1-13H,(H2,28,29). The Kier molecular flexibility index (Phi) is 5.10. The van der Waals surface area contributed by atoms with E-state index >= 15 is 0 Å². The predicted octanol–water partition coefficient (Wildman–Crippen LogP) is 5.94. The van der Waals surface area contributed by atoms with E-state index in [1.807, 2.05) is 36.4 Å². The van der Waals surface area contributed by atoms with Crippen LogP contribution in [0.25, 0.3) is 22.4 Å². The highest BCUT2D eigenvalue weighted by Gasteiger charge is 2.17. The Balaban J connectivity index is 1.74. The van der Waals surface area contributed by atoms with Gasteiger partial charge in [-0.2, -0.15) is 5.26 Å². The van der Waals surface area contributed by atoms with Crippen molar-refractivity contribution in [3.05, 3.63) is 96.1 Å². The van der Waals surface area contributed by atoms with E-state index in [0.717, 1.165) is 18.2 Å². The molecule has 0 fully saturated rings. The van der Waals surface area contributed by atoms with Gasteiger partial charge in [-0.3, -0.25) is 0 Å². The Hall–Kier alpha value is -4.24. The molecule has 4 nitrogen and oxygen atoms in total. The number of rotatable bonds is 4. The lowest BCUT2D eigenvalue weighted by Gasteiger charge is -2.12. The lowest BCUT2D eigenvalue weighted by Crippen LogP contribution is -2.01. The molecule has 0 aliphatic rings. The van der Waals surface area contributed by atoms with Gasteiger partial charge in [0.25, 0.3) is 0 Å². The normalized spacial score (nSPS) is 10.4. The van der Waals surface area contributed by atoms with Gasteiger partial charge in [-0.1, -0.05) is 18.2 Å². The molecule has 0 aliphatic heterocycles. The first-order valence-electron chi connectivity index (χ1n) is 9.04. The van der Waals surface area contributed by atoms with E-state index in [4.69, 9.17) is 10.5 Å². The van der Waals surface area contributed by atoms with Crippen LogP contribution < -0.4 is 10.5 Å². The number of aromatic nitrogens is 1. The highest BCUT2D eigenvalue weighted by atomic mass is 19.1. The molecule has 1 aromatic heterocycles. The summed E-state index contributed by atoms with van der Waals surface area (Å²) in [6.45, 7) is 0. The molecule has 4 rings (SSSR count). The van der Waals surface area contributed by atoms with Crippen LogP contribution in [0.3, 0.4) is 0 Å². The van der Waals surface area contributed by atoms with Gasteiger partial charge in [0.05, 0.1) is 5.69 Å². The first kappa shape index (κ1) is 19.1. The fourth-order valence-corrected chi connectivity index (χ4v) is 3.06. The molecule has 4 aromatic rings. The van der Waals surface area contributed by atoms with Crippen molar-refractivity contribution in [2.24, 2.45) is 0 Å². The number of para-hydroxylation sites is 1. The van der Waals surface area contributed by atoms with Crippen molar-refractivity contribution < 1.29 is 13.5 Å². The molecule has 6 heteroatoms. The summed E-state index contributed by atoms with van der Waals surface area (Å²) in [4.78, 5) is 4.26. The van der Waals surface area contributed by atoms with Gasteiger partial charge in [-0.05, 0) is 60.7 Å². The maximum absolute atomic E-state index is 14.3. The molecule has 0 unspecified atom stereocenters. The minimum atomic E-state index is -0.656. The summed E-state index contributed by atoms with van der Waals surface area (Å²) in [6.07, 6.45) is 0.